The van der Waals surface area contributed by atoms with E-state index < -0.39 is 0 Å². The number of carbonyl (C=O) groups is 1. The Labute approximate surface area is 143 Å². The van der Waals surface area contributed by atoms with Crippen molar-refractivity contribution >= 4 is 27.5 Å². The first-order valence-electron chi connectivity index (χ1n) is 7.50. The van der Waals surface area contributed by atoms with E-state index in [9.17, 15) is 4.79 Å². The second-order valence-electron chi connectivity index (χ2n) is 5.74. The molecule has 4 rings (SSSR count). The molecule has 0 unspecified atom stereocenters. The third-order valence-corrected chi connectivity index (χ3v) is 5.02. The Morgan fingerprint density at radius 2 is 2.17 bits per heavy atom. The summed E-state index contributed by atoms with van der Waals surface area (Å²) in [7, 11) is 0. The van der Waals surface area contributed by atoms with Gasteiger partial charge in [0.2, 0.25) is 0 Å². The predicted octanol–water partition coefficient (Wildman–Crippen LogP) is 4.00. The van der Waals surface area contributed by atoms with Gasteiger partial charge in [-0.25, -0.2) is 4.98 Å². The number of hydrogen-bond acceptors (Lipinski definition) is 4. The van der Waals surface area contributed by atoms with E-state index >= 15 is 0 Å². The van der Waals surface area contributed by atoms with Crippen molar-refractivity contribution in [3.05, 3.63) is 65.2 Å². The number of thiazole rings is 1. The van der Waals surface area contributed by atoms with Crippen LogP contribution in [0.5, 0.6) is 0 Å². The molecule has 116 valence electrons. The van der Waals surface area contributed by atoms with Crippen LogP contribution in [0.4, 0.5) is 0 Å². The minimum atomic E-state index is -0.0397. The largest absolute Gasteiger partial charge is 0.329 e. The smallest absolute Gasteiger partial charge is 0.254 e. The lowest BCUT2D eigenvalue weighted by Crippen LogP contribution is -2.25. The molecule has 0 atom stereocenters. The van der Waals surface area contributed by atoms with E-state index in [0.29, 0.717) is 17.7 Å². The lowest BCUT2D eigenvalue weighted by atomic mass is 9.97. The van der Waals surface area contributed by atoms with Gasteiger partial charge in [0.15, 0.2) is 0 Å². The summed E-state index contributed by atoms with van der Waals surface area (Å²) in [5.74, 6) is -0.0397. The van der Waals surface area contributed by atoms with Gasteiger partial charge < -0.3 is 4.90 Å². The fourth-order valence-electron chi connectivity index (χ4n) is 3.08. The highest BCUT2D eigenvalue weighted by atomic mass is 32.1. The van der Waals surface area contributed by atoms with E-state index in [1.807, 2.05) is 41.9 Å². The van der Waals surface area contributed by atoms with E-state index in [1.165, 1.54) is 0 Å². The molecule has 1 aromatic heterocycles. The van der Waals surface area contributed by atoms with Crippen LogP contribution < -0.4 is 0 Å². The Morgan fingerprint density at radius 1 is 1.33 bits per heavy atom. The molecular weight excluding hydrogens is 318 g/mol. The zero-order valence-electron chi connectivity index (χ0n) is 12.8. The lowest BCUT2D eigenvalue weighted by Gasteiger charge is -2.14. The van der Waals surface area contributed by atoms with E-state index in [1.54, 1.807) is 16.2 Å². The summed E-state index contributed by atoms with van der Waals surface area (Å²) < 4.78 is 1.13. The summed E-state index contributed by atoms with van der Waals surface area (Å²) in [6.07, 6.45) is 0. The van der Waals surface area contributed by atoms with Gasteiger partial charge in [-0.3, -0.25) is 4.79 Å². The number of benzene rings is 2. The average Bonchev–Trinajstić information content (AvgIpc) is 3.19. The van der Waals surface area contributed by atoms with E-state index in [0.717, 1.165) is 26.9 Å². The summed E-state index contributed by atoms with van der Waals surface area (Å²) in [4.78, 5) is 18.5. The highest BCUT2D eigenvalue weighted by Gasteiger charge is 2.29. The van der Waals surface area contributed by atoms with Gasteiger partial charge in [-0.1, -0.05) is 24.8 Å². The van der Waals surface area contributed by atoms with Crippen LogP contribution in [0.25, 0.3) is 21.3 Å². The maximum absolute atomic E-state index is 12.6. The average molecular weight is 331 g/mol. The summed E-state index contributed by atoms with van der Waals surface area (Å²) in [5, 5.41) is 8.92. The summed E-state index contributed by atoms with van der Waals surface area (Å²) in [6, 6.07) is 14.0. The Kier molecular flexibility index (Phi) is 3.40. The topological polar surface area (TPSA) is 57.0 Å². The molecular formula is C19H13N3OS. The second-order valence-corrected chi connectivity index (χ2v) is 6.63. The number of fused-ring (bicyclic) bond motifs is 2. The van der Waals surface area contributed by atoms with Gasteiger partial charge in [-0.15, -0.1) is 11.3 Å². The van der Waals surface area contributed by atoms with Gasteiger partial charge >= 0.3 is 0 Å². The van der Waals surface area contributed by atoms with Crippen molar-refractivity contribution in [1.29, 1.82) is 5.26 Å². The molecule has 2 aromatic carbocycles. The molecule has 1 aliphatic heterocycles. The Balaban J connectivity index is 1.77. The van der Waals surface area contributed by atoms with E-state index in [4.69, 9.17) is 5.26 Å². The van der Waals surface area contributed by atoms with Crippen molar-refractivity contribution in [3.63, 3.8) is 0 Å². The Morgan fingerprint density at radius 3 is 3.00 bits per heavy atom. The van der Waals surface area contributed by atoms with Crippen LogP contribution in [0.2, 0.25) is 0 Å². The standard InChI is InChI=1S/C19H13N3OS/c1-12(8-20)9-22-10-16-14(3-2-4-15(16)19(22)23)13-5-6-17-18(7-13)24-11-21-17/h2-7,11H,1,9-10H2. The van der Waals surface area contributed by atoms with Crippen molar-refractivity contribution in [1.82, 2.24) is 9.88 Å². The number of amides is 1. The van der Waals surface area contributed by atoms with E-state index in [2.05, 4.69) is 17.6 Å². The van der Waals surface area contributed by atoms with Gasteiger partial charge in [-0.2, -0.15) is 5.26 Å². The zero-order valence-corrected chi connectivity index (χ0v) is 13.6. The number of nitrogens with zero attached hydrogens (tertiary/aromatic N) is 3. The van der Waals surface area contributed by atoms with Crippen LogP contribution in [-0.2, 0) is 6.54 Å². The molecule has 0 saturated carbocycles. The molecule has 0 N–H and O–H groups in total. The monoisotopic (exact) mass is 331 g/mol. The quantitative estimate of drug-likeness (QED) is 0.682. The van der Waals surface area contributed by atoms with Gasteiger partial charge in [0.05, 0.1) is 28.3 Å². The predicted molar refractivity (Wildman–Crippen MR) is 94.5 cm³/mol. The van der Waals surface area contributed by atoms with Crippen LogP contribution in [0.3, 0.4) is 0 Å². The molecule has 0 saturated heterocycles. The van der Waals surface area contributed by atoms with Crippen LogP contribution in [0.15, 0.2) is 54.1 Å². The fraction of sp³-hybridized carbons (Fsp3) is 0.105. The number of hydrogen-bond donors (Lipinski definition) is 0. The Bertz CT molecular complexity index is 1030. The molecule has 1 amide bonds. The molecule has 0 bridgehead atoms. The van der Waals surface area contributed by atoms with Crippen LogP contribution in [0.1, 0.15) is 15.9 Å². The highest BCUT2D eigenvalue weighted by molar-refractivity contribution is 7.16. The minimum absolute atomic E-state index is 0.0397. The SMILES string of the molecule is C=C(C#N)CN1Cc2c(cccc2-c2ccc3ncsc3c2)C1=O. The highest BCUT2D eigenvalue weighted by Crippen LogP contribution is 2.34. The van der Waals surface area contributed by atoms with Crippen molar-refractivity contribution in [2.45, 2.75) is 6.54 Å². The first-order valence-corrected chi connectivity index (χ1v) is 8.38. The normalized spacial score (nSPS) is 13.1. The fourth-order valence-corrected chi connectivity index (χ4v) is 3.79. The number of aromatic nitrogens is 1. The Hall–Kier alpha value is -2.97. The molecule has 0 fully saturated rings. The second kappa shape index (κ2) is 5.59. The maximum atomic E-state index is 12.6. The molecule has 0 spiro atoms. The molecule has 2 heterocycles. The van der Waals surface area contributed by atoms with Crippen molar-refractivity contribution in [3.8, 4) is 17.2 Å². The molecule has 1 aliphatic rings. The minimum Gasteiger partial charge on any atom is -0.329 e. The first-order chi connectivity index (χ1) is 11.7. The van der Waals surface area contributed by atoms with Crippen LogP contribution in [0, 0.1) is 11.3 Å². The summed E-state index contributed by atoms with van der Waals surface area (Å²) in [5.41, 5.74) is 7.07. The third kappa shape index (κ3) is 2.29. The molecule has 0 aliphatic carbocycles. The maximum Gasteiger partial charge on any atom is 0.254 e. The van der Waals surface area contributed by atoms with E-state index in [-0.39, 0.29) is 12.5 Å². The number of carbonyl (C=O) groups excluding carboxylic acids is 1. The molecule has 24 heavy (non-hydrogen) atoms. The van der Waals surface area contributed by atoms with Gasteiger partial charge in [0.1, 0.15) is 0 Å². The van der Waals surface area contributed by atoms with Crippen molar-refractivity contribution < 1.29 is 4.79 Å². The summed E-state index contributed by atoms with van der Waals surface area (Å²) in [6.45, 7) is 4.46. The van der Waals surface area contributed by atoms with Gasteiger partial charge in [0.25, 0.3) is 5.91 Å². The third-order valence-electron chi connectivity index (χ3n) is 4.22. The van der Waals surface area contributed by atoms with Crippen molar-refractivity contribution in [2.24, 2.45) is 0 Å². The summed E-state index contributed by atoms with van der Waals surface area (Å²) >= 11 is 1.61. The number of rotatable bonds is 3. The number of nitriles is 1. The van der Waals surface area contributed by atoms with Crippen molar-refractivity contribution in [2.75, 3.05) is 6.54 Å². The lowest BCUT2D eigenvalue weighted by molar-refractivity contribution is 0.0794. The molecule has 0 radical (unpaired) electrons. The van der Waals surface area contributed by atoms with Crippen LogP contribution in [-0.4, -0.2) is 22.3 Å². The van der Waals surface area contributed by atoms with Gasteiger partial charge in [-0.05, 0) is 34.9 Å². The molecule has 3 aromatic rings. The zero-order chi connectivity index (χ0) is 16.7. The molecule has 4 nitrogen and oxygen atoms in total. The van der Waals surface area contributed by atoms with Gasteiger partial charge in [0, 0.05) is 17.7 Å². The molecule has 5 heteroatoms. The first kappa shape index (κ1) is 14.6. The van der Waals surface area contributed by atoms with Crippen LogP contribution >= 0.6 is 11.3 Å².